The SMILES string of the molecule is NC(=S)CCNC(=O)c1ccon1. The van der Waals surface area contributed by atoms with Gasteiger partial charge in [-0.25, -0.2) is 0 Å². The summed E-state index contributed by atoms with van der Waals surface area (Å²) in [6.45, 7) is 0.418. The fourth-order valence-electron chi connectivity index (χ4n) is 0.719. The van der Waals surface area contributed by atoms with Gasteiger partial charge in [0.1, 0.15) is 6.26 Å². The highest BCUT2D eigenvalue weighted by atomic mass is 32.1. The third-order valence-electron chi connectivity index (χ3n) is 1.33. The largest absolute Gasteiger partial charge is 0.393 e. The molecule has 1 heterocycles. The second-order valence-electron chi connectivity index (χ2n) is 2.36. The van der Waals surface area contributed by atoms with Crippen LogP contribution in [0.5, 0.6) is 0 Å². The lowest BCUT2D eigenvalue weighted by Crippen LogP contribution is -2.27. The van der Waals surface area contributed by atoms with Crippen molar-refractivity contribution in [1.82, 2.24) is 10.5 Å². The summed E-state index contributed by atoms with van der Waals surface area (Å²) in [7, 11) is 0. The van der Waals surface area contributed by atoms with Gasteiger partial charge in [0.2, 0.25) is 0 Å². The van der Waals surface area contributed by atoms with Crippen LogP contribution in [0, 0.1) is 0 Å². The molecule has 0 spiro atoms. The van der Waals surface area contributed by atoms with E-state index < -0.39 is 0 Å². The van der Waals surface area contributed by atoms with Crippen molar-refractivity contribution in [2.75, 3.05) is 6.54 Å². The number of carbonyl (C=O) groups is 1. The Morgan fingerprint density at radius 2 is 2.54 bits per heavy atom. The van der Waals surface area contributed by atoms with Crippen LogP contribution in [-0.4, -0.2) is 22.6 Å². The summed E-state index contributed by atoms with van der Waals surface area (Å²) in [4.78, 5) is 11.5. The number of nitrogens with one attached hydrogen (secondary N) is 1. The number of hydrogen-bond acceptors (Lipinski definition) is 4. The van der Waals surface area contributed by atoms with Gasteiger partial charge in [0.25, 0.3) is 5.91 Å². The summed E-state index contributed by atoms with van der Waals surface area (Å²) >= 11 is 4.64. The Hall–Kier alpha value is -1.43. The van der Waals surface area contributed by atoms with Gasteiger partial charge in [-0.15, -0.1) is 0 Å². The maximum atomic E-state index is 11.2. The van der Waals surface area contributed by atoms with E-state index in [4.69, 9.17) is 5.73 Å². The molecule has 1 amide bonds. The van der Waals surface area contributed by atoms with Gasteiger partial charge in [-0.2, -0.15) is 0 Å². The molecule has 1 rings (SSSR count). The van der Waals surface area contributed by atoms with Gasteiger partial charge in [-0.05, 0) is 0 Å². The normalized spacial score (nSPS) is 9.54. The number of thiocarbonyl (C=S) groups is 1. The standard InChI is InChI=1S/C7H9N3O2S/c8-6(13)1-3-9-7(11)5-2-4-12-10-5/h2,4H,1,3H2,(H2,8,13)(H,9,11). The Bertz CT molecular complexity index is 297. The van der Waals surface area contributed by atoms with Crippen LogP contribution < -0.4 is 11.1 Å². The molecular formula is C7H9N3O2S. The summed E-state index contributed by atoms with van der Waals surface area (Å²) < 4.78 is 4.50. The molecule has 13 heavy (non-hydrogen) atoms. The number of nitrogens with two attached hydrogens (primary N) is 1. The number of amides is 1. The van der Waals surface area contributed by atoms with Crippen molar-refractivity contribution in [3.8, 4) is 0 Å². The highest BCUT2D eigenvalue weighted by Crippen LogP contribution is 1.93. The summed E-state index contributed by atoms with van der Waals surface area (Å²) in [6.07, 6.45) is 1.82. The van der Waals surface area contributed by atoms with Gasteiger partial charge >= 0.3 is 0 Å². The molecule has 0 saturated heterocycles. The first-order valence-corrected chi connectivity index (χ1v) is 4.08. The van der Waals surface area contributed by atoms with Gasteiger partial charge in [0.05, 0.1) is 4.99 Å². The van der Waals surface area contributed by atoms with Crippen LogP contribution in [0.4, 0.5) is 0 Å². The van der Waals surface area contributed by atoms with E-state index in [1.165, 1.54) is 12.3 Å². The second-order valence-corrected chi connectivity index (χ2v) is 2.88. The van der Waals surface area contributed by atoms with Gasteiger partial charge in [-0.3, -0.25) is 4.79 Å². The lowest BCUT2D eigenvalue weighted by Gasteiger charge is -2.00. The molecule has 0 aliphatic carbocycles. The van der Waals surface area contributed by atoms with Gasteiger partial charge in [0.15, 0.2) is 5.69 Å². The van der Waals surface area contributed by atoms with Crippen LogP contribution in [0.3, 0.4) is 0 Å². The molecule has 70 valence electrons. The highest BCUT2D eigenvalue weighted by molar-refractivity contribution is 7.80. The zero-order valence-corrected chi connectivity index (χ0v) is 7.63. The van der Waals surface area contributed by atoms with E-state index in [-0.39, 0.29) is 11.6 Å². The minimum absolute atomic E-state index is 0.253. The molecule has 3 N–H and O–H groups in total. The number of rotatable bonds is 4. The van der Waals surface area contributed by atoms with E-state index in [1.807, 2.05) is 0 Å². The van der Waals surface area contributed by atoms with E-state index in [0.29, 0.717) is 18.0 Å². The number of hydrogen-bond donors (Lipinski definition) is 2. The molecule has 0 saturated carbocycles. The highest BCUT2D eigenvalue weighted by Gasteiger charge is 2.07. The quantitative estimate of drug-likeness (QED) is 0.671. The Labute approximate surface area is 80.3 Å². The molecule has 0 atom stereocenters. The first-order chi connectivity index (χ1) is 6.20. The molecule has 0 aliphatic heterocycles. The lowest BCUT2D eigenvalue weighted by molar-refractivity contribution is 0.0946. The van der Waals surface area contributed by atoms with Crippen LogP contribution in [0.15, 0.2) is 16.9 Å². The van der Waals surface area contributed by atoms with E-state index >= 15 is 0 Å². The average molecular weight is 199 g/mol. The average Bonchev–Trinajstić information content (AvgIpc) is 2.55. The third-order valence-corrected chi connectivity index (χ3v) is 1.53. The maximum Gasteiger partial charge on any atom is 0.273 e. The summed E-state index contributed by atoms with van der Waals surface area (Å²) in [5.74, 6) is -0.287. The maximum absolute atomic E-state index is 11.2. The van der Waals surface area contributed by atoms with Gasteiger partial charge in [0, 0.05) is 19.0 Å². The van der Waals surface area contributed by atoms with Crippen molar-refractivity contribution >= 4 is 23.1 Å². The number of nitrogens with zero attached hydrogens (tertiary/aromatic N) is 1. The third kappa shape index (κ3) is 3.20. The predicted octanol–water partition coefficient (Wildman–Crippen LogP) is 0.0806. The van der Waals surface area contributed by atoms with Crippen molar-refractivity contribution in [2.45, 2.75) is 6.42 Å². The van der Waals surface area contributed by atoms with E-state index in [0.717, 1.165) is 0 Å². The Morgan fingerprint density at radius 3 is 3.08 bits per heavy atom. The zero-order chi connectivity index (χ0) is 9.68. The molecule has 1 aromatic heterocycles. The van der Waals surface area contributed by atoms with Gasteiger partial charge in [-0.1, -0.05) is 17.4 Å². The van der Waals surface area contributed by atoms with Crippen LogP contribution in [0.2, 0.25) is 0 Å². The Balaban J connectivity index is 2.31. The Kier molecular flexibility index (Phi) is 3.39. The molecule has 1 aromatic rings. The molecule has 0 aliphatic rings. The number of aromatic nitrogens is 1. The van der Waals surface area contributed by atoms with Crippen molar-refractivity contribution in [2.24, 2.45) is 5.73 Å². The first-order valence-electron chi connectivity index (χ1n) is 3.67. The van der Waals surface area contributed by atoms with Crippen LogP contribution in [0.25, 0.3) is 0 Å². The topological polar surface area (TPSA) is 81.1 Å². The molecule has 0 bridgehead atoms. The van der Waals surface area contributed by atoms with Gasteiger partial charge < -0.3 is 15.6 Å². The molecule has 6 heteroatoms. The first kappa shape index (κ1) is 9.66. The van der Waals surface area contributed by atoms with Crippen molar-refractivity contribution in [3.63, 3.8) is 0 Å². The van der Waals surface area contributed by atoms with E-state index in [1.54, 1.807) is 0 Å². The van der Waals surface area contributed by atoms with Crippen LogP contribution >= 0.6 is 12.2 Å². The molecular weight excluding hydrogens is 190 g/mol. The number of carbonyl (C=O) groups excluding carboxylic acids is 1. The second kappa shape index (κ2) is 4.56. The lowest BCUT2D eigenvalue weighted by atomic mass is 10.4. The predicted molar refractivity (Wildman–Crippen MR) is 50.2 cm³/mol. The summed E-state index contributed by atoms with van der Waals surface area (Å²) in [5, 5.41) is 6.05. The minimum Gasteiger partial charge on any atom is -0.393 e. The molecule has 5 nitrogen and oxygen atoms in total. The molecule has 0 aromatic carbocycles. The van der Waals surface area contributed by atoms with Crippen LogP contribution in [-0.2, 0) is 0 Å². The molecule has 0 unspecified atom stereocenters. The minimum atomic E-state index is -0.287. The smallest absolute Gasteiger partial charge is 0.273 e. The molecule has 0 radical (unpaired) electrons. The summed E-state index contributed by atoms with van der Waals surface area (Å²) in [5.41, 5.74) is 5.50. The van der Waals surface area contributed by atoms with E-state index in [9.17, 15) is 4.79 Å². The van der Waals surface area contributed by atoms with E-state index in [2.05, 4.69) is 27.2 Å². The Morgan fingerprint density at radius 1 is 1.77 bits per heavy atom. The van der Waals surface area contributed by atoms with Crippen molar-refractivity contribution in [3.05, 3.63) is 18.0 Å². The molecule has 0 fully saturated rings. The fourth-order valence-corrected chi connectivity index (χ4v) is 0.822. The van der Waals surface area contributed by atoms with Crippen molar-refractivity contribution < 1.29 is 9.32 Å². The fraction of sp³-hybridized carbons (Fsp3) is 0.286. The monoisotopic (exact) mass is 199 g/mol. The van der Waals surface area contributed by atoms with Crippen LogP contribution in [0.1, 0.15) is 16.9 Å². The van der Waals surface area contributed by atoms with Crippen molar-refractivity contribution in [1.29, 1.82) is 0 Å². The summed E-state index contributed by atoms with van der Waals surface area (Å²) in [6, 6.07) is 1.48. The zero-order valence-electron chi connectivity index (χ0n) is 6.82.